The largest absolute Gasteiger partial charge is 0.493 e. The molecule has 0 aliphatic rings. The van der Waals surface area contributed by atoms with E-state index in [1.807, 2.05) is 12.1 Å². The first-order chi connectivity index (χ1) is 9.62. The Morgan fingerprint density at radius 3 is 2.20 bits per heavy atom. The van der Waals surface area contributed by atoms with E-state index in [2.05, 4.69) is 6.92 Å². The molecule has 0 amide bonds. The number of aliphatic hydroxyl groups excluding tert-OH is 1. The second kappa shape index (κ2) is 7.97. The van der Waals surface area contributed by atoms with Gasteiger partial charge in [-0.05, 0) is 24.8 Å². The molecule has 0 heterocycles. The van der Waals surface area contributed by atoms with Gasteiger partial charge in [0, 0.05) is 12.1 Å². The monoisotopic (exact) mass is 283 g/mol. The van der Waals surface area contributed by atoms with Crippen molar-refractivity contribution in [2.24, 2.45) is 5.73 Å². The molecule has 2 atom stereocenters. The fraction of sp³-hybridized carbons (Fsp3) is 0.600. The van der Waals surface area contributed by atoms with Gasteiger partial charge in [0.15, 0.2) is 11.5 Å². The molecular weight excluding hydrogens is 258 g/mol. The maximum absolute atomic E-state index is 9.79. The van der Waals surface area contributed by atoms with Crippen LogP contribution in [0.25, 0.3) is 0 Å². The maximum atomic E-state index is 9.79. The Labute approximate surface area is 120 Å². The number of ether oxygens (including phenoxy) is 3. The number of nitrogens with two attached hydrogens (primary N) is 1. The number of rotatable bonds is 8. The lowest BCUT2D eigenvalue weighted by Crippen LogP contribution is -2.22. The van der Waals surface area contributed by atoms with Gasteiger partial charge in [-0.2, -0.15) is 0 Å². The molecular formula is C15H25NO4. The van der Waals surface area contributed by atoms with E-state index in [4.69, 9.17) is 19.9 Å². The van der Waals surface area contributed by atoms with Crippen LogP contribution in [0, 0.1) is 0 Å². The van der Waals surface area contributed by atoms with Gasteiger partial charge in [0.1, 0.15) is 0 Å². The van der Waals surface area contributed by atoms with Crippen LogP contribution in [0.1, 0.15) is 31.2 Å². The lowest BCUT2D eigenvalue weighted by molar-refractivity contribution is 0.161. The highest BCUT2D eigenvalue weighted by molar-refractivity contribution is 5.56. The van der Waals surface area contributed by atoms with Gasteiger partial charge in [-0.1, -0.05) is 13.0 Å². The van der Waals surface area contributed by atoms with Gasteiger partial charge in [-0.25, -0.2) is 0 Å². The third-order valence-electron chi connectivity index (χ3n) is 3.50. The number of aliphatic hydroxyl groups is 1. The second-order valence-electron chi connectivity index (χ2n) is 4.65. The van der Waals surface area contributed by atoms with Crippen molar-refractivity contribution in [3.63, 3.8) is 0 Å². The zero-order valence-electron chi connectivity index (χ0n) is 12.7. The molecule has 0 fully saturated rings. The molecule has 0 bridgehead atoms. The van der Waals surface area contributed by atoms with Crippen molar-refractivity contribution < 1.29 is 19.3 Å². The van der Waals surface area contributed by atoms with E-state index in [-0.39, 0.29) is 12.5 Å². The van der Waals surface area contributed by atoms with Gasteiger partial charge in [0.05, 0.1) is 27.4 Å². The zero-order valence-corrected chi connectivity index (χ0v) is 12.7. The van der Waals surface area contributed by atoms with Crippen LogP contribution in [0.4, 0.5) is 0 Å². The fourth-order valence-electron chi connectivity index (χ4n) is 2.38. The van der Waals surface area contributed by atoms with Crippen molar-refractivity contribution in [2.75, 3.05) is 27.9 Å². The van der Waals surface area contributed by atoms with Crippen LogP contribution in [-0.4, -0.2) is 39.1 Å². The van der Waals surface area contributed by atoms with Crippen molar-refractivity contribution in [2.45, 2.75) is 31.8 Å². The van der Waals surface area contributed by atoms with Crippen LogP contribution >= 0.6 is 0 Å². The van der Waals surface area contributed by atoms with Crippen LogP contribution in [0.3, 0.4) is 0 Å². The van der Waals surface area contributed by atoms with E-state index >= 15 is 0 Å². The van der Waals surface area contributed by atoms with Crippen LogP contribution in [0.5, 0.6) is 17.2 Å². The van der Waals surface area contributed by atoms with Gasteiger partial charge in [0.2, 0.25) is 5.75 Å². The van der Waals surface area contributed by atoms with Crippen LogP contribution in [0.15, 0.2) is 12.1 Å². The average molecular weight is 283 g/mol. The SMILES string of the molecule is CCC(CC(O)CN)c1ccc(OC)c(OC)c1OC. The Bertz CT molecular complexity index is 423. The first-order valence-electron chi connectivity index (χ1n) is 6.79. The van der Waals surface area contributed by atoms with Gasteiger partial charge in [-0.3, -0.25) is 0 Å². The Hall–Kier alpha value is -1.46. The highest BCUT2D eigenvalue weighted by Crippen LogP contribution is 2.44. The summed E-state index contributed by atoms with van der Waals surface area (Å²) in [6.07, 6.45) is 0.958. The number of hydrogen-bond acceptors (Lipinski definition) is 5. The predicted octanol–water partition coefficient (Wildman–Crippen LogP) is 1.92. The second-order valence-corrected chi connectivity index (χ2v) is 4.65. The summed E-state index contributed by atoms with van der Waals surface area (Å²) < 4.78 is 16.2. The Morgan fingerprint density at radius 1 is 1.10 bits per heavy atom. The maximum Gasteiger partial charge on any atom is 0.203 e. The van der Waals surface area contributed by atoms with Crippen molar-refractivity contribution in [3.05, 3.63) is 17.7 Å². The Morgan fingerprint density at radius 2 is 1.75 bits per heavy atom. The molecule has 3 N–H and O–H groups in total. The number of hydrogen-bond donors (Lipinski definition) is 2. The summed E-state index contributed by atoms with van der Waals surface area (Å²) in [5, 5.41) is 9.79. The van der Waals surface area contributed by atoms with Gasteiger partial charge in [0.25, 0.3) is 0 Å². The Kier molecular flexibility index (Phi) is 6.61. The Balaban J connectivity index is 3.21. The normalized spacial score (nSPS) is 13.7. The topological polar surface area (TPSA) is 73.9 Å². The van der Waals surface area contributed by atoms with E-state index in [9.17, 15) is 5.11 Å². The van der Waals surface area contributed by atoms with E-state index in [1.54, 1.807) is 21.3 Å². The van der Waals surface area contributed by atoms with Crippen LogP contribution < -0.4 is 19.9 Å². The smallest absolute Gasteiger partial charge is 0.203 e. The van der Waals surface area contributed by atoms with E-state index < -0.39 is 6.10 Å². The van der Waals surface area contributed by atoms with Gasteiger partial charge < -0.3 is 25.1 Å². The number of benzene rings is 1. The number of methoxy groups -OCH3 is 3. The molecule has 1 aromatic carbocycles. The highest BCUT2D eigenvalue weighted by atomic mass is 16.5. The molecule has 5 heteroatoms. The quantitative estimate of drug-likeness (QED) is 0.762. The fourth-order valence-corrected chi connectivity index (χ4v) is 2.38. The van der Waals surface area contributed by atoms with Crippen molar-refractivity contribution in [1.82, 2.24) is 0 Å². The first-order valence-corrected chi connectivity index (χ1v) is 6.79. The first kappa shape index (κ1) is 16.6. The van der Waals surface area contributed by atoms with Gasteiger partial charge in [-0.15, -0.1) is 0 Å². The van der Waals surface area contributed by atoms with Gasteiger partial charge >= 0.3 is 0 Å². The van der Waals surface area contributed by atoms with Crippen LogP contribution in [-0.2, 0) is 0 Å². The molecule has 0 saturated carbocycles. The molecule has 0 aliphatic heterocycles. The molecule has 0 radical (unpaired) electrons. The summed E-state index contributed by atoms with van der Waals surface area (Å²) in [7, 11) is 4.78. The molecule has 20 heavy (non-hydrogen) atoms. The molecule has 1 rings (SSSR count). The van der Waals surface area contributed by atoms with E-state index in [1.165, 1.54) is 0 Å². The molecule has 1 aromatic rings. The molecule has 0 aromatic heterocycles. The van der Waals surface area contributed by atoms with Crippen molar-refractivity contribution >= 4 is 0 Å². The third-order valence-corrected chi connectivity index (χ3v) is 3.50. The van der Waals surface area contributed by atoms with Crippen LogP contribution in [0.2, 0.25) is 0 Å². The minimum Gasteiger partial charge on any atom is -0.493 e. The summed E-state index contributed by atoms with van der Waals surface area (Å²) in [5.41, 5.74) is 6.50. The summed E-state index contributed by atoms with van der Waals surface area (Å²) in [6.45, 7) is 2.33. The lowest BCUT2D eigenvalue weighted by atomic mass is 9.89. The lowest BCUT2D eigenvalue weighted by Gasteiger charge is -2.23. The molecule has 0 spiro atoms. The molecule has 0 aliphatic carbocycles. The summed E-state index contributed by atoms with van der Waals surface area (Å²) >= 11 is 0. The summed E-state index contributed by atoms with van der Waals surface area (Å²) in [5.74, 6) is 2.02. The van der Waals surface area contributed by atoms with Crippen molar-refractivity contribution in [1.29, 1.82) is 0 Å². The van der Waals surface area contributed by atoms with E-state index in [0.29, 0.717) is 23.7 Å². The van der Waals surface area contributed by atoms with E-state index in [0.717, 1.165) is 12.0 Å². The summed E-state index contributed by atoms with van der Waals surface area (Å²) in [4.78, 5) is 0. The molecule has 114 valence electrons. The summed E-state index contributed by atoms with van der Waals surface area (Å²) in [6, 6.07) is 3.81. The average Bonchev–Trinajstić information content (AvgIpc) is 2.50. The molecule has 5 nitrogen and oxygen atoms in total. The minimum absolute atomic E-state index is 0.156. The standard InChI is InChI=1S/C15H25NO4/c1-5-10(8-11(17)9-16)12-6-7-13(18-2)15(20-4)14(12)19-3/h6-7,10-11,17H,5,8-9,16H2,1-4H3. The molecule has 2 unspecified atom stereocenters. The van der Waals surface area contributed by atoms with Crippen molar-refractivity contribution in [3.8, 4) is 17.2 Å². The predicted molar refractivity (Wildman–Crippen MR) is 78.8 cm³/mol. The molecule has 0 saturated heterocycles. The zero-order chi connectivity index (χ0) is 15.1. The third kappa shape index (κ3) is 3.55. The minimum atomic E-state index is -0.516. The highest BCUT2D eigenvalue weighted by Gasteiger charge is 2.22.